The number of amides is 1. The fourth-order valence-electron chi connectivity index (χ4n) is 2.88. The second kappa shape index (κ2) is 10.8. The molecule has 0 aliphatic heterocycles. The van der Waals surface area contributed by atoms with E-state index in [1.165, 1.54) is 5.56 Å². The lowest BCUT2D eigenvalue weighted by Crippen LogP contribution is -2.19. The minimum Gasteiger partial charge on any atom is -0.490 e. The van der Waals surface area contributed by atoms with Crippen LogP contribution in [-0.4, -0.2) is 18.7 Å². The molecule has 3 aromatic carbocycles. The number of nitrogens with two attached hydrogens (primary N) is 1. The Labute approximate surface area is 182 Å². The van der Waals surface area contributed by atoms with E-state index in [0.29, 0.717) is 30.4 Å². The number of nitrogens with one attached hydrogen (secondary N) is 1. The highest BCUT2D eigenvalue weighted by molar-refractivity contribution is 5.84. The van der Waals surface area contributed by atoms with Crippen molar-refractivity contribution in [3.05, 3.63) is 89.0 Å². The number of hydrogen-bond acceptors (Lipinski definition) is 5. The fraction of sp³-hybridized carbons (Fsp3) is 0.200. The molecule has 0 unspecified atom stereocenters. The van der Waals surface area contributed by atoms with Crippen molar-refractivity contribution >= 4 is 17.8 Å². The molecule has 0 aromatic heterocycles. The van der Waals surface area contributed by atoms with E-state index in [2.05, 4.69) is 29.6 Å². The molecule has 0 aliphatic carbocycles. The van der Waals surface area contributed by atoms with Crippen LogP contribution in [0.4, 0.5) is 5.69 Å². The van der Waals surface area contributed by atoms with Gasteiger partial charge in [0.2, 0.25) is 5.91 Å². The number of nitrogen functional groups attached to an aromatic ring is 1. The summed E-state index contributed by atoms with van der Waals surface area (Å²) in [4.78, 5) is 12.1. The molecule has 0 spiro atoms. The van der Waals surface area contributed by atoms with Crippen molar-refractivity contribution in [2.45, 2.75) is 26.9 Å². The summed E-state index contributed by atoms with van der Waals surface area (Å²) >= 11 is 0. The van der Waals surface area contributed by atoms with Gasteiger partial charge in [-0.1, -0.05) is 42.0 Å². The van der Waals surface area contributed by atoms with Crippen LogP contribution in [0.25, 0.3) is 0 Å². The Kier molecular flexibility index (Phi) is 7.65. The Hall–Kier alpha value is -3.80. The van der Waals surface area contributed by atoms with Gasteiger partial charge in [-0.05, 0) is 60.9 Å². The van der Waals surface area contributed by atoms with Gasteiger partial charge in [-0.2, -0.15) is 5.10 Å². The van der Waals surface area contributed by atoms with Crippen molar-refractivity contribution in [1.29, 1.82) is 0 Å². The predicted octanol–water partition coefficient (Wildman–Crippen LogP) is 4.25. The monoisotopic (exact) mass is 417 g/mol. The summed E-state index contributed by atoms with van der Waals surface area (Å²) in [6.45, 7) is 4.94. The van der Waals surface area contributed by atoms with Gasteiger partial charge in [0.05, 0.1) is 19.2 Å². The molecule has 1 amide bonds. The first-order valence-electron chi connectivity index (χ1n) is 10.1. The molecule has 0 atom stereocenters. The van der Waals surface area contributed by atoms with Gasteiger partial charge in [-0.25, -0.2) is 5.43 Å². The highest BCUT2D eigenvalue weighted by Gasteiger charge is 2.07. The fourth-order valence-corrected chi connectivity index (χ4v) is 2.88. The zero-order valence-electron chi connectivity index (χ0n) is 17.8. The lowest BCUT2D eigenvalue weighted by Gasteiger charge is -2.12. The van der Waals surface area contributed by atoms with E-state index in [1.54, 1.807) is 18.3 Å². The second-order valence-corrected chi connectivity index (χ2v) is 7.12. The van der Waals surface area contributed by atoms with Crippen LogP contribution >= 0.6 is 0 Å². The van der Waals surface area contributed by atoms with Gasteiger partial charge in [-0.3, -0.25) is 4.79 Å². The van der Waals surface area contributed by atoms with Crippen LogP contribution in [-0.2, 0) is 17.8 Å². The van der Waals surface area contributed by atoms with Gasteiger partial charge >= 0.3 is 0 Å². The maximum absolute atomic E-state index is 12.1. The predicted molar refractivity (Wildman–Crippen MR) is 123 cm³/mol. The lowest BCUT2D eigenvalue weighted by molar-refractivity contribution is -0.120. The van der Waals surface area contributed by atoms with Gasteiger partial charge in [0.15, 0.2) is 11.5 Å². The molecule has 6 nitrogen and oxygen atoms in total. The molecule has 160 valence electrons. The van der Waals surface area contributed by atoms with Crippen LogP contribution in [0.15, 0.2) is 71.8 Å². The number of carbonyl (C=O) groups is 1. The number of carbonyl (C=O) groups excluding carboxylic acids is 1. The number of aryl methyl sites for hydroxylation is 1. The van der Waals surface area contributed by atoms with Crippen LogP contribution in [0.2, 0.25) is 0 Å². The molecular weight excluding hydrogens is 390 g/mol. The number of hydrazone groups is 1. The van der Waals surface area contributed by atoms with E-state index in [-0.39, 0.29) is 12.3 Å². The van der Waals surface area contributed by atoms with Gasteiger partial charge < -0.3 is 15.2 Å². The number of rotatable bonds is 9. The summed E-state index contributed by atoms with van der Waals surface area (Å²) in [7, 11) is 0. The zero-order chi connectivity index (χ0) is 22.1. The van der Waals surface area contributed by atoms with Crippen LogP contribution in [0.5, 0.6) is 11.5 Å². The number of nitrogens with zero attached hydrogens (tertiary/aromatic N) is 1. The van der Waals surface area contributed by atoms with Crippen molar-refractivity contribution in [2.24, 2.45) is 5.10 Å². The average molecular weight is 418 g/mol. The molecular formula is C25H27N3O3. The van der Waals surface area contributed by atoms with Gasteiger partial charge in [0, 0.05) is 5.69 Å². The van der Waals surface area contributed by atoms with Crippen molar-refractivity contribution in [3.63, 3.8) is 0 Å². The van der Waals surface area contributed by atoms with E-state index >= 15 is 0 Å². The number of benzene rings is 3. The minimum absolute atomic E-state index is 0.205. The molecule has 0 heterocycles. The van der Waals surface area contributed by atoms with Crippen molar-refractivity contribution in [3.8, 4) is 11.5 Å². The summed E-state index contributed by atoms with van der Waals surface area (Å²) in [6, 6.07) is 20.9. The molecule has 31 heavy (non-hydrogen) atoms. The first-order chi connectivity index (χ1) is 15.0. The van der Waals surface area contributed by atoms with E-state index < -0.39 is 0 Å². The third-order valence-corrected chi connectivity index (χ3v) is 4.53. The SMILES string of the molecule is CCOc1cc(/C=N\NC(=O)Cc2ccc(N)cc2)ccc1OCc1ccc(C)cc1. The number of hydrogen-bond donors (Lipinski definition) is 2. The molecule has 3 aromatic rings. The number of anilines is 1. The first kappa shape index (κ1) is 21.9. The largest absolute Gasteiger partial charge is 0.490 e. The summed E-state index contributed by atoms with van der Waals surface area (Å²) in [6.07, 6.45) is 1.81. The summed E-state index contributed by atoms with van der Waals surface area (Å²) in [5.74, 6) is 1.09. The van der Waals surface area contributed by atoms with Crippen LogP contribution in [0.3, 0.4) is 0 Å². The standard InChI is InChI=1S/C25H27N3O3/c1-3-30-24-14-21(10-13-23(24)31-17-20-6-4-18(2)5-7-20)16-27-28-25(29)15-19-8-11-22(26)12-9-19/h4-14,16H,3,15,17,26H2,1-2H3,(H,28,29)/b27-16-. The van der Waals surface area contributed by atoms with Crippen molar-refractivity contribution < 1.29 is 14.3 Å². The van der Waals surface area contributed by atoms with Crippen LogP contribution in [0, 0.1) is 6.92 Å². The summed E-state index contributed by atoms with van der Waals surface area (Å²) in [5, 5.41) is 4.04. The molecule has 0 bridgehead atoms. The van der Waals surface area contributed by atoms with Crippen molar-refractivity contribution in [2.75, 3.05) is 12.3 Å². The lowest BCUT2D eigenvalue weighted by atomic mass is 10.1. The zero-order valence-corrected chi connectivity index (χ0v) is 17.8. The average Bonchev–Trinajstić information content (AvgIpc) is 2.76. The third kappa shape index (κ3) is 6.89. The molecule has 3 rings (SSSR count). The highest BCUT2D eigenvalue weighted by Crippen LogP contribution is 2.29. The number of ether oxygens (including phenoxy) is 2. The molecule has 0 aliphatic rings. The van der Waals surface area contributed by atoms with Crippen LogP contribution < -0.4 is 20.6 Å². The molecule has 3 N–H and O–H groups in total. The normalized spacial score (nSPS) is 10.8. The Balaban J connectivity index is 1.59. The van der Waals surface area contributed by atoms with Crippen molar-refractivity contribution in [1.82, 2.24) is 5.43 Å². The van der Waals surface area contributed by atoms with Gasteiger partial charge in [0.25, 0.3) is 0 Å². The van der Waals surface area contributed by atoms with E-state index in [4.69, 9.17) is 15.2 Å². The molecule has 0 fully saturated rings. The Morgan fingerprint density at radius 3 is 2.39 bits per heavy atom. The molecule has 0 saturated heterocycles. The second-order valence-electron chi connectivity index (χ2n) is 7.12. The van der Waals surface area contributed by atoms with Gasteiger partial charge in [0.1, 0.15) is 6.61 Å². The smallest absolute Gasteiger partial charge is 0.244 e. The maximum atomic E-state index is 12.1. The molecule has 0 saturated carbocycles. The highest BCUT2D eigenvalue weighted by atomic mass is 16.5. The maximum Gasteiger partial charge on any atom is 0.244 e. The Bertz CT molecular complexity index is 1030. The van der Waals surface area contributed by atoms with E-state index in [0.717, 1.165) is 16.7 Å². The van der Waals surface area contributed by atoms with E-state index in [1.807, 2.05) is 49.4 Å². The van der Waals surface area contributed by atoms with E-state index in [9.17, 15) is 4.79 Å². The summed E-state index contributed by atoms with van der Waals surface area (Å²) < 4.78 is 11.7. The first-order valence-corrected chi connectivity index (χ1v) is 10.1. The topological polar surface area (TPSA) is 85.9 Å². The Morgan fingerprint density at radius 2 is 1.68 bits per heavy atom. The van der Waals surface area contributed by atoms with Gasteiger partial charge in [-0.15, -0.1) is 0 Å². The quantitative estimate of drug-likeness (QED) is 0.310. The Morgan fingerprint density at radius 1 is 0.968 bits per heavy atom. The minimum atomic E-state index is -0.205. The van der Waals surface area contributed by atoms with Crippen LogP contribution in [0.1, 0.15) is 29.2 Å². The third-order valence-electron chi connectivity index (χ3n) is 4.53. The summed E-state index contributed by atoms with van der Waals surface area (Å²) in [5.41, 5.74) is 12.8. The molecule has 0 radical (unpaired) electrons. The molecule has 6 heteroatoms.